The van der Waals surface area contributed by atoms with E-state index < -0.39 is 0 Å². The molecule has 0 amide bonds. The fraction of sp³-hybridized carbons (Fsp3) is 0.600. The fourth-order valence-electron chi connectivity index (χ4n) is 1.96. The van der Waals surface area contributed by atoms with Crippen LogP contribution in [0.15, 0.2) is 30.3 Å². The molecular weight excluding hydrogens is 196 g/mol. The van der Waals surface area contributed by atoms with Crippen LogP contribution >= 0.6 is 0 Å². The summed E-state index contributed by atoms with van der Waals surface area (Å²) in [7, 11) is 0. The summed E-state index contributed by atoms with van der Waals surface area (Å²) in [6.45, 7) is 2.20. The van der Waals surface area contributed by atoms with Crippen molar-refractivity contribution in [1.29, 1.82) is 0 Å². The van der Waals surface area contributed by atoms with Gasteiger partial charge in [0.2, 0.25) is 0 Å². The molecule has 1 aromatic carbocycles. The summed E-state index contributed by atoms with van der Waals surface area (Å²) in [4.78, 5) is 0. The summed E-state index contributed by atoms with van der Waals surface area (Å²) >= 11 is 0. The van der Waals surface area contributed by atoms with Gasteiger partial charge in [-0.25, -0.2) is 0 Å². The van der Waals surface area contributed by atoms with E-state index in [1.54, 1.807) is 0 Å². The molecule has 90 valence electrons. The third-order valence-electron chi connectivity index (χ3n) is 2.99. The summed E-state index contributed by atoms with van der Waals surface area (Å²) in [5.74, 6) is 0. The number of benzene rings is 1. The van der Waals surface area contributed by atoms with Gasteiger partial charge < -0.3 is 5.11 Å². The van der Waals surface area contributed by atoms with Crippen LogP contribution in [0.2, 0.25) is 0 Å². The van der Waals surface area contributed by atoms with E-state index in [2.05, 4.69) is 31.2 Å². The number of hydrogen-bond donors (Lipinski definition) is 1. The van der Waals surface area contributed by atoms with E-state index in [1.165, 1.54) is 24.8 Å². The molecule has 1 N–H and O–H groups in total. The lowest BCUT2D eigenvalue weighted by Gasteiger charge is -2.09. The van der Waals surface area contributed by atoms with Crippen molar-refractivity contribution >= 4 is 0 Å². The summed E-state index contributed by atoms with van der Waals surface area (Å²) in [6.07, 6.45) is 7.66. The van der Waals surface area contributed by atoms with E-state index in [-0.39, 0.29) is 6.10 Å². The molecule has 0 saturated heterocycles. The van der Waals surface area contributed by atoms with E-state index in [9.17, 15) is 5.11 Å². The van der Waals surface area contributed by atoms with Crippen LogP contribution in [0.5, 0.6) is 0 Å². The van der Waals surface area contributed by atoms with Crippen molar-refractivity contribution < 1.29 is 5.11 Å². The minimum atomic E-state index is -0.0877. The molecule has 0 aliphatic carbocycles. The van der Waals surface area contributed by atoms with Crippen LogP contribution in [0, 0.1) is 0 Å². The molecule has 0 aromatic heterocycles. The number of hydrogen-bond acceptors (Lipinski definition) is 1. The van der Waals surface area contributed by atoms with Crippen molar-refractivity contribution in [1.82, 2.24) is 0 Å². The zero-order valence-electron chi connectivity index (χ0n) is 10.4. The molecule has 0 radical (unpaired) electrons. The van der Waals surface area contributed by atoms with Gasteiger partial charge in [0.15, 0.2) is 0 Å². The zero-order valence-corrected chi connectivity index (χ0v) is 10.4. The lowest BCUT2D eigenvalue weighted by atomic mass is 10.0. The van der Waals surface area contributed by atoms with Gasteiger partial charge in [0, 0.05) is 0 Å². The molecule has 0 spiro atoms. The number of rotatable bonds is 8. The molecule has 0 fully saturated rings. The van der Waals surface area contributed by atoms with Crippen molar-refractivity contribution in [3.8, 4) is 0 Å². The Bertz CT molecular complexity index is 255. The Morgan fingerprint density at radius 1 is 1.00 bits per heavy atom. The van der Waals surface area contributed by atoms with Crippen molar-refractivity contribution in [3.63, 3.8) is 0 Å². The highest BCUT2D eigenvalue weighted by Gasteiger charge is 2.03. The van der Waals surface area contributed by atoms with Crippen LogP contribution in [-0.4, -0.2) is 11.2 Å². The Balaban J connectivity index is 2.06. The number of aliphatic hydroxyl groups excluding tert-OH is 1. The van der Waals surface area contributed by atoms with Gasteiger partial charge in [-0.3, -0.25) is 0 Å². The fourth-order valence-corrected chi connectivity index (χ4v) is 1.96. The second-order valence-electron chi connectivity index (χ2n) is 4.53. The van der Waals surface area contributed by atoms with Crippen LogP contribution in [0.3, 0.4) is 0 Å². The van der Waals surface area contributed by atoms with Crippen molar-refractivity contribution in [2.75, 3.05) is 0 Å². The Morgan fingerprint density at radius 2 is 1.69 bits per heavy atom. The molecule has 0 bridgehead atoms. The average molecular weight is 220 g/mol. The maximum Gasteiger partial charge on any atom is 0.0540 e. The molecule has 0 saturated carbocycles. The molecule has 1 unspecified atom stereocenters. The van der Waals surface area contributed by atoms with Gasteiger partial charge in [-0.2, -0.15) is 0 Å². The number of aliphatic hydroxyl groups is 1. The maximum absolute atomic E-state index is 9.75. The second kappa shape index (κ2) is 8.35. The molecule has 0 aliphatic rings. The highest BCUT2D eigenvalue weighted by molar-refractivity contribution is 5.14. The first-order valence-corrected chi connectivity index (χ1v) is 6.55. The first-order chi connectivity index (χ1) is 7.83. The van der Waals surface area contributed by atoms with Gasteiger partial charge in [-0.1, -0.05) is 56.5 Å². The van der Waals surface area contributed by atoms with Gasteiger partial charge in [0.1, 0.15) is 0 Å². The normalized spacial score (nSPS) is 12.6. The highest BCUT2D eigenvalue weighted by atomic mass is 16.3. The zero-order chi connectivity index (χ0) is 11.6. The first-order valence-electron chi connectivity index (χ1n) is 6.55. The van der Waals surface area contributed by atoms with E-state index in [1.807, 2.05) is 6.07 Å². The van der Waals surface area contributed by atoms with Gasteiger partial charge in [-0.05, 0) is 31.2 Å². The highest BCUT2D eigenvalue weighted by Crippen LogP contribution is 2.11. The molecule has 1 atom stereocenters. The van der Waals surface area contributed by atoms with Crippen molar-refractivity contribution in [2.45, 2.75) is 58.0 Å². The second-order valence-corrected chi connectivity index (χ2v) is 4.53. The van der Waals surface area contributed by atoms with Crippen LogP contribution in [0.1, 0.15) is 51.0 Å². The van der Waals surface area contributed by atoms with Crippen LogP contribution in [-0.2, 0) is 6.42 Å². The molecule has 0 heterocycles. The Kier molecular flexibility index (Phi) is 6.91. The van der Waals surface area contributed by atoms with Crippen molar-refractivity contribution in [3.05, 3.63) is 35.9 Å². The third kappa shape index (κ3) is 5.92. The topological polar surface area (TPSA) is 20.2 Å². The average Bonchev–Trinajstić information content (AvgIpc) is 2.31. The van der Waals surface area contributed by atoms with Crippen LogP contribution in [0.4, 0.5) is 0 Å². The minimum absolute atomic E-state index is 0.0877. The minimum Gasteiger partial charge on any atom is -0.393 e. The smallest absolute Gasteiger partial charge is 0.0540 e. The number of aryl methyl sites for hydroxylation is 1. The predicted octanol–water partition coefficient (Wildman–Crippen LogP) is 3.95. The van der Waals surface area contributed by atoms with Gasteiger partial charge in [0.25, 0.3) is 0 Å². The Morgan fingerprint density at radius 3 is 2.38 bits per heavy atom. The summed E-state index contributed by atoms with van der Waals surface area (Å²) in [5.41, 5.74) is 1.38. The van der Waals surface area contributed by atoms with Crippen LogP contribution < -0.4 is 0 Å². The van der Waals surface area contributed by atoms with E-state index in [4.69, 9.17) is 0 Å². The lowest BCUT2D eigenvalue weighted by molar-refractivity contribution is 0.148. The first kappa shape index (κ1) is 13.2. The standard InChI is InChI=1S/C15H24O/c1-2-3-5-12-15(16)13-8-11-14-9-6-4-7-10-14/h4,6-7,9-10,15-16H,2-3,5,8,11-13H2,1H3. The Labute approximate surface area is 99.5 Å². The van der Waals surface area contributed by atoms with Gasteiger partial charge in [-0.15, -0.1) is 0 Å². The van der Waals surface area contributed by atoms with E-state index in [0.29, 0.717) is 0 Å². The molecular formula is C15H24O. The Hall–Kier alpha value is -0.820. The molecule has 1 nitrogen and oxygen atoms in total. The quantitative estimate of drug-likeness (QED) is 0.658. The molecule has 1 rings (SSSR count). The molecule has 16 heavy (non-hydrogen) atoms. The number of unbranched alkanes of at least 4 members (excludes halogenated alkanes) is 2. The van der Waals surface area contributed by atoms with E-state index >= 15 is 0 Å². The summed E-state index contributed by atoms with van der Waals surface area (Å²) in [5, 5.41) is 9.75. The SMILES string of the molecule is CCCCCC(O)CCCc1ccccc1. The largest absolute Gasteiger partial charge is 0.393 e. The molecule has 1 aromatic rings. The molecule has 0 aliphatic heterocycles. The van der Waals surface area contributed by atoms with Crippen LogP contribution in [0.25, 0.3) is 0 Å². The molecule has 1 heteroatoms. The summed E-state index contributed by atoms with van der Waals surface area (Å²) in [6, 6.07) is 10.5. The summed E-state index contributed by atoms with van der Waals surface area (Å²) < 4.78 is 0. The lowest BCUT2D eigenvalue weighted by Crippen LogP contribution is -2.06. The van der Waals surface area contributed by atoms with E-state index in [0.717, 1.165) is 25.7 Å². The monoisotopic (exact) mass is 220 g/mol. The van der Waals surface area contributed by atoms with Gasteiger partial charge >= 0.3 is 0 Å². The van der Waals surface area contributed by atoms with Gasteiger partial charge in [0.05, 0.1) is 6.10 Å². The predicted molar refractivity (Wildman–Crippen MR) is 69.5 cm³/mol. The van der Waals surface area contributed by atoms with Crippen molar-refractivity contribution in [2.24, 2.45) is 0 Å². The maximum atomic E-state index is 9.75. The third-order valence-corrected chi connectivity index (χ3v) is 2.99.